The van der Waals surface area contributed by atoms with Gasteiger partial charge in [-0.3, -0.25) is 4.79 Å². The SMILES string of the molecule is C=C(c1ccc(C)c(O)c1)C(N)C(=O)O. The third kappa shape index (κ3) is 2.35. The number of aliphatic carboxylic acids is 1. The van der Waals surface area contributed by atoms with E-state index in [0.717, 1.165) is 5.56 Å². The quantitative estimate of drug-likeness (QED) is 0.693. The average molecular weight is 207 g/mol. The molecule has 4 N–H and O–H groups in total. The van der Waals surface area contributed by atoms with Crippen molar-refractivity contribution in [3.05, 3.63) is 35.9 Å². The van der Waals surface area contributed by atoms with E-state index in [4.69, 9.17) is 10.8 Å². The van der Waals surface area contributed by atoms with Crippen molar-refractivity contribution >= 4 is 11.5 Å². The molecule has 0 aliphatic rings. The molecule has 4 heteroatoms. The summed E-state index contributed by atoms with van der Waals surface area (Å²) < 4.78 is 0. The van der Waals surface area contributed by atoms with Crippen LogP contribution in [0.5, 0.6) is 5.75 Å². The zero-order valence-corrected chi connectivity index (χ0v) is 8.40. The van der Waals surface area contributed by atoms with Gasteiger partial charge >= 0.3 is 5.97 Å². The lowest BCUT2D eigenvalue weighted by atomic mass is 9.99. The lowest BCUT2D eigenvalue weighted by molar-refractivity contribution is -0.137. The summed E-state index contributed by atoms with van der Waals surface area (Å²) in [6.07, 6.45) is 0. The van der Waals surface area contributed by atoms with Crippen LogP contribution >= 0.6 is 0 Å². The van der Waals surface area contributed by atoms with E-state index in [9.17, 15) is 9.90 Å². The molecule has 80 valence electrons. The standard InChI is InChI=1S/C11H13NO3/c1-6-3-4-8(5-9(6)13)7(2)10(12)11(14)15/h3-5,10,13H,2,12H2,1H3,(H,14,15). The van der Waals surface area contributed by atoms with Gasteiger partial charge in [0.15, 0.2) is 0 Å². The molecule has 0 amide bonds. The highest BCUT2D eigenvalue weighted by atomic mass is 16.4. The minimum absolute atomic E-state index is 0.103. The van der Waals surface area contributed by atoms with Crippen LogP contribution in [0.15, 0.2) is 24.8 Å². The summed E-state index contributed by atoms with van der Waals surface area (Å²) in [6.45, 7) is 5.35. The van der Waals surface area contributed by atoms with E-state index in [1.54, 1.807) is 19.1 Å². The predicted octanol–water partition coefficient (Wildman–Crippen LogP) is 1.13. The summed E-state index contributed by atoms with van der Waals surface area (Å²) in [5, 5.41) is 18.1. The zero-order chi connectivity index (χ0) is 11.6. The fourth-order valence-electron chi connectivity index (χ4n) is 1.14. The average Bonchev–Trinajstić information content (AvgIpc) is 2.19. The Morgan fingerprint density at radius 2 is 2.13 bits per heavy atom. The molecule has 1 aromatic rings. The fourth-order valence-corrected chi connectivity index (χ4v) is 1.14. The summed E-state index contributed by atoms with van der Waals surface area (Å²) in [6, 6.07) is 3.68. The Bertz CT molecular complexity index is 412. The monoisotopic (exact) mass is 207 g/mol. The van der Waals surface area contributed by atoms with Crippen molar-refractivity contribution in [2.45, 2.75) is 13.0 Å². The van der Waals surface area contributed by atoms with Gasteiger partial charge in [0.05, 0.1) is 0 Å². The summed E-state index contributed by atoms with van der Waals surface area (Å²) in [7, 11) is 0. The van der Waals surface area contributed by atoms with Crippen molar-refractivity contribution in [2.24, 2.45) is 5.73 Å². The number of aryl methyl sites for hydroxylation is 1. The van der Waals surface area contributed by atoms with Crippen molar-refractivity contribution < 1.29 is 15.0 Å². The minimum atomic E-state index is -1.15. The Morgan fingerprint density at radius 3 is 2.60 bits per heavy atom. The first-order valence-electron chi connectivity index (χ1n) is 4.40. The largest absolute Gasteiger partial charge is 0.508 e. The van der Waals surface area contributed by atoms with Crippen LogP contribution in [0.1, 0.15) is 11.1 Å². The van der Waals surface area contributed by atoms with E-state index in [2.05, 4.69) is 6.58 Å². The molecule has 0 aromatic heterocycles. The Labute approximate surface area is 87.7 Å². The highest BCUT2D eigenvalue weighted by molar-refractivity contribution is 5.90. The van der Waals surface area contributed by atoms with Crippen LogP contribution in [0, 0.1) is 6.92 Å². The Morgan fingerprint density at radius 1 is 1.53 bits per heavy atom. The number of rotatable bonds is 3. The molecule has 0 heterocycles. The minimum Gasteiger partial charge on any atom is -0.508 e. The van der Waals surface area contributed by atoms with Gasteiger partial charge in [0.2, 0.25) is 0 Å². The zero-order valence-electron chi connectivity index (χ0n) is 8.40. The van der Waals surface area contributed by atoms with Crippen LogP contribution in [-0.2, 0) is 4.79 Å². The first kappa shape index (κ1) is 11.3. The molecule has 0 aliphatic carbocycles. The number of phenols is 1. The maximum atomic E-state index is 10.6. The first-order valence-corrected chi connectivity index (χ1v) is 4.40. The molecule has 0 bridgehead atoms. The Hall–Kier alpha value is -1.81. The molecule has 1 atom stereocenters. The summed E-state index contributed by atoms with van der Waals surface area (Å²) in [5.41, 5.74) is 6.93. The number of benzene rings is 1. The topological polar surface area (TPSA) is 83.5 Å². The van der Waals surface area contributed by atoms with Gasteiger partial charge < -0.3 is 15.9 Å². The molecule has 1 aromatic carbocycles. The van der Waals surface area contributed by atoms with Crippen LogP contribution in [-0.4, -0.2) is 22.2 Å². The smallest absolute Gasteiger partial charge is 0.325 e. The molecule has 15 heavy (non-hydrogen) atoms. The van der Waals surface area contributed by atoms with E-state index in [1.165, 1.54) is 6.07 Å². The van der Waals surface area contributed by atoms with Crippen molar-refractivity contribution in [2.75, 3.05) is 0 Å². The molecule has 0 saturated heterocycles. The maximum absolute atomic E-state index is 10.6. The third-order valence-corrected chi connectivity index (χ3v) is 2.22. The highest BCUT2D eigenvalue weighted by Gasteiger charge is 2.17. The number of carbonyl (C=O) groups is 1. The van der Waals surface area contributed by atoms with Crippen LogP contribution < -0.4 is 5.73 Å². The Kier molecular flexibility index (Phi) is 3.11. The molecule has 0 saturated carbocycles. The van der Waals surface area contributed by atoms with Crippen molar-refractivity contribution in [1.29, 1.82) is 0 Å². The van der Waals surface area contributed by atoms with E-state index in [1.807, 2.05) is 0 Å². The van der Waals surface area contributed by atoms with E-state index < -0.39 is 12.0 Å². The highest BCUT2D eigenvalue weighted by Crippen LogP contribution is 2.23. The molecule has 0 aliphatic heterocycles. The van der Waals surface area contributed by atoms with Crippen LogP contribution in [0.2, 0.25) is 0 Å². The lowest BCUT2D eigenvalue weighted by Gasteiger charge is -2.11. The maximum Gasteiger partial charge on any atom is 0.325 e. The van der Waals surface area contributed by atoms with Crippen molar-refractivity contribution in [1.82, 2.24) is 0 Å². The summed E-state index contributed by atoms with van der Waals surface area (Å²) >= 11 is 0. The lowest BCUT2D eigenvalue weighted by Crippen LogP contribution is -2.30. The molecule has 0 fully saturated rings. The van der Waals surface area contributed by atoms with E-state index >= 15 is 0 Å². The number of hydrogen-bond acceptors (Lipinski definition) is 3. The second kappa shape index (κ2) is 4.14. The van der Waals surface area contributed by atoms with Gasteiger partial charge in [-0.1, -0.05) is 18.7 Å². The number of aromatic hydroxyl groups is 1. The van der Waals surface area contributed by atoms with Crippen LogP contribution in [0.3, 0.4) is 0 Å². The van der Waals surface area contributed by atoms with Gasteiger partial charge in [0, 0.05) is 0 Å². The summed E-state index contributed by atoms with van der Waals surface area (Å²) in [4.78, 5) is 10.6. The molecular formula is C11H13NO3. The van der Waals surface area contributed by atoms with Crippen molar-refractivity contribution in [3.63, 3.8) is 0 Å². The van der Waals surface area contributed by atoms with Gasteiger partial charge in [-0.2, -0.15) is 0 Å². The molecule has 0 radical (unpaired) electrons. The molecule has 1 unspecified atom stereocenters. The molecule has 1 rings (SSSR count). The van der Waals surface area contributed by atoms with Gasteiger partial charge in [0.25, 0.3) is 0 Å². The van der Waals surface area contributed by atoms with Crippen molar-refractivity contribution in [3.8, 4) is 5.75 Å². The number of carboxylic acid groups (broad SMARTS) is 1. The number of hydrogen-bond donors (Lipinski definition) is 3. The van der Waals surface area contributed by atoms with Gasteiger partial charge in [-0.15, -0.1) is 0 Å². The van der Waals surface area contributed by atoms with Gasteiger partial charge in [0.1, 0.15) is 11.8 Å². The molecule has 4 nitrogen and oxygen atoms in total. The van der Waals surface area contributed by atoms with E-state index in [0.29, 0.717) is 5.56 Å². The number of phenolic OH excluding ortho intramolecular Hbond substituents is 1. The van der Waals surface area contributed by atoms with Crippen LogP contribution in [0.25, 0.3) is 5.57 Å². The predicted molar refractivity (Wildman–Crippen MR) is 57.5 cm³/mol. The number of nitrogens with two attached hydrogens (primary N) is 1. The van der Waals surface area contributed by atoms with Gasteiger partial charge in [-0.25, -0.2) is 0 Å². The first-order chi connectivity index (χ1) is 6.93. The molecule has 0 spiro atoms. The van der Waals surface area contributed by atoms with E-state index in [-0.39, 0.29) is 11.3 Å². The Balaban J connectivity index is 3.02. The number of carboxylic acids is 1. The normalized spacial score (nSPS) is 12.1. The second-order valence-electron chi connectivity index (χ2n) is 3.34. The fraction of sp³-hybridized carbons (Fsp3) is 0.182. The molecular weight excluding hydrogens is 194 g/mol. The summed E-state index contributed by atoms with van der Waals surface area (Å²) in [5.74, 6) is -1.04. The van der Waals surface area contributed by atoms with Gasteiger partial charge in [-0.05, 0) is 29.7 Å². The third-order valence-electron chi connectivity index (χ3n) is 2.22. The second-order valence-corrected chi connectivity index (χ2v) is 3.34. The van der Waals surface area contributed by atoms with Crippen LogP contribution in [0.4, 0.5) is 0 Å².